The quantitative estimate of drug-likeness (QED) is 0.617. The number of para-hydroxylation sites is 1. The number of hydrogen-bond acceptors (Lipinski definition) is 4. The molecule has 3 nitrogen and oxygen atoms in total. The average Bonchev–Trinajstić information content (AvgIpc) is 3.10. The molecule has 1 saturated heterocycles. The highest BCUT2D eigenvalue weighted by molar-refractivity contribution is 8.27. The lowest BCUT2D eigenvalue weighted by Crippen LogP contribution is -2.28. The molecule has 0 bridgehead atoms. The molecule has 0 aliphatic carbocycles. The van der Waals surface area contributed by atoms with Gasteiger partial charge in [0.25, 0.3) is 5.91 Å². The van der Waals surface area contributed by atoms with Crippen molar-refractivity contribution in [1.82, 2.24) is 0 Å². The molecule has 0 atom stereocenters. The Bertz CT molecular complexity index is 781. The number of allylic oxidation sites excluding steroid dienone is 2. The van der Waals surface area contributed by atoms with Gasteiger partial charge in [0.05, 0.1) is 16.9 Å². The SMILES string of the molecule is O=C1/C(=C/C=C/c2ccco2)SC(=S)N1c1ccccc1F. The van der Waals surface area contributed by atoms with Crippen molar-refractivity contribution in [2.24, 2.45) is 0 Å². The third-order valence-electron chi connectivity index (χ3n) is 2.94. The van der Waals surface area contributed by atoms with Crippen molar-refractivity contribution in [2.75, 3.05) is 4.90 Å². The summed E-state index contributed by atoms with van der Waals surface area (Å²) >= 11 is 6.33. The van der Waals surface area contributed by atoms with Crippen LogP contribution in [0.25, 0.3) is 6.08 Å². The Morgan fingerprint density at radius 3 is 2.77 bits per heavy atom. The third-order valence-corrected chi connectivity index (χ3v) is 4.26. The van der Waals surface area contributed by atoms with Crippen LogP contribution in [-0.4, -0.2) is 10.2 Å². The number of furan rings is 1. The molecule has 1 amide bonds. The topological polar surface area (TPSA) is 33.5 Å². The molecule has 22 heavy (non-hydrogen) atoms. The summed E-state index contributed by atoms with van der Waals surface area (Å²) in [6.07, 6.45) is 6.64. The first-order valence-corrected chi connectivity index (χ1v) is 7.62. The lowest BCUT2D eigenvalue weighted by Gasteiger charge is -2.14. The number of anilines is 1. The van der Waals surface area contributed by atoms with Gasteiger partial charge in [0, 0.05) is 0 Å². The van der Waals surface area contributed by atoms with Crippen molar-refractivity contribution in [3.8, 4) is 0 Å². The van der Waals surface area contributed by atoms with Crippen molar-refractivity contribution < 1.29 is 13.6 Å². The zero-order valence-electron chi connectivity index (χ0n) is 11.2. The average molecular weight is 331 g/mol. The maximum atomic E-state index is 13.8. The van der Waals surface area contributed by atoms with Gasteiger partial charge in [-0.3, -0.25) is 9.69 Å². The minimum Gasteiger partial charge on any atom is -0.465 e. The van der Waals surface area contributed by atoms with Crippen LogP contribution < -0.4 is 4.90 Å². The zero-order valence-corrected chi connectivity index (χ0v) is 12.9. The number of carbonyl (C=O) groups excluding carboxylic acids is 1. The fourth-order valence-electron chi connectivity index (χ4n) is 1.94. The Morgan fingerprint density at radius 1 is 1.23 bits per heavy atom. The van der Waals surface area contributed by atoms with Gasteiger partial charge in [0.1, 0.15) is 11.6 Å². The van der Waals surface area contributed by atoms with Crippen molar-refractivity contribution >= 4 is 46.0 Å². The fraction of sp³-hybridized carbons (Fsp3) is 0. The zero-order chi connectivity index (χ0) is 15.5. The Kier molecular flexibility index (Phi) is 4.22. The summed E-state index contributed by atoms with van der Waals surface area (Å²) in [5, 5.41) is 0. The van der Waals surface area contributed by atoms with Gasteiger partial charge < -0.3 is 4.42 Å². The molecule has 0 N–H and O–H groups in total. The van der Waals surface area contributed by atoms with Crippen LogP contribution in [0.3, 0.4) is 0 Å². The Morgan fingerprint density at radius 2 is 2.05 bits per heavy atom. The second-order valence-electron chi connectivity index (χ2n) is 4.37. The summed E-state index contributed by atoms with van der Waals surface area (Å²) in [7, 11) is 0. The maximum Gasteiger partial charge on any atom is 0.270 e. The number of thiocarbonyl (C=S) groups is 1. The van der Waals surface area contributed by atoms with Crippen molar-refractivity contribution in [1.29, 1.82) is 0 Å². The van der Waals surface area contributed by atoms with Crippen molar-refractivity contribution in [3.63, 3.8) is 0 Å². The van der Waals surface area contributed by atoms with Gasteiger partial charge in [-0.2, -0.15) is 0 Å². The van der Waals surface area contributed by atoms with Crippen LogP contribution in [0.15, 0.2) is 64.1 Å². The van der Waals surface area contributed by atoms with E-state index in [1.807, 2.05) is 0 Å². The molecule has 6 heteroatoms. The summed E-state index contributed by atoms with van der Waals surface area (Å²) < 4.78 is 19.3. The van der Waals surface area contributed by atoms with Crippen LogP contribution in [0.1, 0.15) is 5.76 Å². The molecule has 2 aromatic rings. The van der Waals surface area contributed by atoms with Gasteiger partial charge in [-0.1, -0.05) is 42.2 Å². The molecule has 0 radical (unpaired) electrons. The van der Waals surface area contributed by atoms with Crippen LogP contribution in [-0.2, 0) is 4.79 Å². The highest BCUT2D eigenvalue weighted by atomic mass is 32.2. The Hall–Kier alpha value is -2.18. The van der Waals surface area contributed by atoms with Crippen molar-refractivity contribution in [3.05, 3.63) is 71.3 Å². The summed E-state index contributed by atoms with van der Waals surface area (Å²) in [6, 6.07) is 9.64. The second kappa shape index (κ2) is 6.29. The Labute approximate surface area is 136 Å². The molecule has 0 spiro atoms. The molecule has 110 valence electrons. The number of benzene rings is 1. The number of hydrogen-bond donors (Lipinski definition) is 0. The fourth-order valence-corrected chi connectivity index (χ4v) is 3.18. The number of amides is 1. The second-order valence-corrected chi connectivity index (χ2v) is 6.04. The summed E-state index contributed by atoms with van der Waals surface area (Å²) in [5.41, 5.74) is 0.170. The number of halogens is 1. The predicted octanol–water partition coefficient (Wildman–Crippen LogP) is 4.38. The first-order valence-electron chi connectivity index (χ1n) is 6.39. The van der Waals surface area contributed by atoms with E-state index in [1.54, 1.807) is 48.8 Å². The van der Waals surface area contributed by atoms with Gasteiger partial charge in [-0.05, 0) is 36.4 Å². The Balaban J connectivity index is 1.84. The van der Waals surface area contributed by atoms with E-state index < -0.39 is 5.82 Å². The summed E-state index contributed by atoms with van der Waals surface area (Å²) in [6.45, 7) is 0. The van der Waals surface area contributed by atoms with E-state index in [4.69, 9.17) is 16.6 Å². The summed E-state index contributed by atoms with van der Waals surface area (Å²) in [4.78, 5) is 14.0. The molecule has 1 aromatic heterocycles. The molecule has 1 fully saturated rings. The lowest BCUT2D eigenvalue weighted by atomic mass is 10.2. The molecule has 3 rings (SSSR count). The van der Waals surface area contributed by atoms with Gasteiger partial charge >= 0.3 is 0 Å². The normalized spacial score (nSPS) is 17.1. The van der Waals surface area contributed by atoms with Crippen molar-refractivity contribution in [2.45, 2.75) is 0 Å². The number of thioether (sulfide) groups is 1. The van der Waals surface area contributed by atoms with Gasteiger partial charge in [-0.15, -0.1) is 0 Å². The molecule has 1 aromatic carbocycles. The van der Waals surface area contributed by atoms with Gasteiger partial charge in [0.15, 0.2) is 4.32 Å². The smallest absolute Gasteiger partial charge is 0.270 e. The third kappa shape index (κ3) is 2.88. The van der Waals surface area contributed by atoms with E-state index in [-0.39, 0.29) is 11.6 Å². The van der Waals surface area contributed by atoms with E-state index in [0.717, 1.165) is 11.8 Å². The maximum absolute atomic E-state index is 13.8. The highest BCUT2D eigenvalue weighted by Gasteiger charge is 2.34. The monoisotopic (exact) mass is 331 g/mol. The molecule has 2 heterocycles. The first-order chi connectivity index (χ1) is 10.7. The van der Waals surface area contributed by atoms with E-state index in [9.17, 15) is 9.18 Å². The van der Waals surface area contributed by atoms with Crippen LogP contribution in [0.2, 0.25) is 0 Å². The van der Waals surface area contributed by atoms with Crippen LogP contribution in [0, 0.1) is 5.82 Å². The number of carbonyl (C=O) groups is 1. The molecule has 0 saturated carbocycles. The number of rotatable bonds is 3. The minimum absolute atomic E-state index is 0.170. The van der Waals surface area contributed by atoms with Gasteiger partial charge in [0.2, 0.25) is 0 Å². The highest BCUT2D eigenvalue weighted by Crippen LogP contribution is 2.35. The lowest BCUT2D eigenvalue weighted by molar-refractivity contribution is -0.113. The van der Waals surface area contributed by atoms with Crippen LogP contribution >= 0.6 is 24.0 Å². The van der Waals surface area contributed by atoms with Gasteiger partial charge in [-0.25, -0.2) is 4.39 Å². The van der Waals surface area contributed by atoms with E-state index in [1.165, 1.54) is 17.0 Å². The molecule has 0 unspecified atom stereocenters. The van der Waals surface area contributed by atoms with E-state index in [0.29, 0.717) is 15.0 Å². The number of nitrogens with zero attached hydrogens (tertiary/aromatic N) is 1. The van der Waals surface area contributed by atoms with Crippen LogP contribution in [0.4, 0.5) is 10.1 Å². The largest absolute Gasteiger partial charge is 0.465 e. The molecular formula is C16H10FNO2S2. The van der Waals surface area contributed by atoms with E-state index in [2.05, 4.69) is 0 Å². The standard InChI is InChI=1S/C16H10FNO2S2/c17-12-7-1-2-8-13(12)18-15(19)14(22-16(18)21)9-3-5-11-6-4-10-20-11/h1-10H/b5-3+,14-9-. The molecule has 1 aliphatic heterocycles. The molecular weight excluding hydrogens is 321 g/mol. The van der Waals surface area contributed by atoms with E-state index >= 15 is 0 Å². The van der Waals surface area contributed by atoms with Crippen LogP contribution in [0.5, 0.6) is 0 Å². The summed E-state index contributed by atoms with van der Waals surface area (Å²) in [5.74, 6) is -0.129. The predicted molar refractivity (Wildman–Crippen MR) is 89.9 cm³/mol. The minimum atomic E-state index is -0.480. The molecule has 1 aliphatic rings. The first kappa shape index (κ1) is 14.7.